The quantitative estimate of drug-likeness (QED) is 0.580. The summed E-state index contributed by atoms with van der Waals surface area (Å²) in [5, 5.41) is 6.57. The second-order valence-electron chi connectivity index (χ2n) is 7.47. The van der Waals surface area contributed by atoms with E-state index in [9.17, 15) is 9.18 Å². The van der Waals surface area contributed by atoms with E-state index >= 15 is 0 Å². The van der Waals surface area contributed by atoms with E-state index in [1.165, 1.54) is 6.07 Å². The molecule has 1 aliphatic rings. The third kappa shape index (κ3) is 5.54. The molecule has 2 N–H and O–H groups in total. The summed E-state index contributed by atoms with van der Waals surface area (Å²) in [6, 6.07) is 14.8. The molecule has 0 saturated carbocycles. The van der Waals surface area contributed by atoms with Crippen LogP contribution in [0.2, 0.25) is 0 Å². The van der Waals surface area contributed by atoms with Gasteiger partial charge in [-0.25, -0.2) is 4.39 Å². The summed E-state index contributed by atoms with van der Waals surface area (Å²) in [6.45, 7) is 1.66. The number of hydrogen-bond donors (Lipinski definition) is 2. The summed E-state index contributed by atoms with van der Waals surface area (Å²) in [5.41, 5.74) is 2.54. The lowest BCUT2D eigenvalue weighted by molar-refractivity contribution is -0.117. The third-order valence-corrected chi connectivity index (χ3v) is 4.81. The number of aliphatic imine (C=N–C) groups is 1. The van der Waals surface area contributed by atoms with Gasteiger partial charge in [0.05, 0.1) is 6.04 Å². The van der Waals surface area contributed by atoms with Crippen LogP contribution in [0, 0.1) is 5.82 Å². The van der Waals surface area contributed by atoms with Gasteiger partial charge in [-0.05, 0) is 43.9 Å². The number of halogens is 1. The van der Waals surface area contributed by atoms with Crippen LogP contribution >= 0.6 is 0 Å². The molecule has 2 aromatic rings. The first-order valence-corrected chi connectivity index (χ1v) is 9.71. The van der Waals surface area contributed by atoms with Crippen molar-refractivity contribution >= 4 is 17.6 Å². The van der Waals surface area contributed by atoms with Gasteiger partial charge >= 0.3 is 0 Å². The average molecular weight is 397 g/mol. The molecule has 2 aromatic carbocycles. The SMILES string of the molecule is CN=C(NCc1ccc(F)c(CN(C)C)c1)NC1CC(=O)N(c2ccccc2)C1. The molecule has 1 aliphatic heterocycles. The molecule has 6 nitrogen and oxygen atoms in total. The fourth-order valence-corrected chi connectivity index (χ4v) is 3.44. The van der Waals surface area contributed by atoms with Gasteiger partial charge in [-0.3, -0.25) is 9.79 Å². The molecule has 1 fully saturated rings. The highest BCUT2D eigenvalue weighted by molar-refractivity contribution is 5.97. The maximum absolute atomic E-state index is 14.0. The van der Waals surface area contributed by atoms with Gasteiger partial charge in [0.15, 0.2) is 5.96 Å². The van der Waals surface area contributed by atoms with E-state index in [-0.39, 0.29) is 17.8 Å². The number of para-hydroxylation sites is 1. The Morgan fingerprint density at radius 2 is 2.00 bits per heavy atom. The zero-order valence-corrected chi connectivity index (χ0v) is 17.2. The highest BCUT2D eigenvalue weighted by atomic mass is 19.1. The van der Waals surface area contributed by atoms with Crippen LogP contribution in [0.4, 0.5) is 10.1 Å². The number of nitrogens with zero attached hydrogens (tertiary/aromatic N) is 3. The standard InChI is InChI=1S/C22H28FN5O/c1-24-22(25-13-16-9-10-20(23)17(11-16)14-27(2)3)26-18-12-21(29)28(15-18)19-7-5-4-6-8-19/h4-11,18H,12-15H2,1-3H3,(H2,24,25,26). The first-order chi connectivity index (χ1) is 14.0. The molecule has 0 aromatic heterocycles. The Morgan fingerprint density at radius 1 is 1.24 bits per heavy atom. The lowest BCUT2D eigenvalue weighted by atomic mass is 10.1. The van der Waals surface area contributed by atoms with E-state index < -0.39 is 0 Å². The number of nitrogens with one attached hydrogen (secondary N) is 2. The highest BCUT2D eigenvalue weighted by Gasteiger charge is 2.31. The minimum atomic E-state index is -0.199. The van der Waals surface area contributed by atoms with Gasteiger partial charge in [0.25, 0.3) is 0 Å². The Bertz CT molecular complexity index is 869. The fraction of sp³-hybridized carbons (Fsp3) is 0.364. The predicted octanol–water partition coefficient (Wildman–Crippen LogP) is 2.36. The van der Waals surface area contributed by atoms with Crippen molar-refractivity contribution in [3.8, 4) is 0 Å². The van der Waals surface area contributed by atoms with E-state index in [1.54, 1.807) is 18.0 Å². The molecule has 0 aliphatic carbocycles. The number of rotatable bonds is 6. The average Bonchev–Trinajstić information content (AvgIpc) is 3.07. The Labute approximate surface area is 171 Å². The summed E-state index contributed by atoms with van der Waals surface area (Å²) in [6.07, 6.45) is 0.416. The molecule has 3 rings (SSSR count). The van der Waals surface area contributed by atoms with Crippen LogP contribution in [-0.4, -0.2) is 50.5 Å². The Hall–Kier alpha value is -2.93. The molecule has 1 amide bonds. The molecule has 154 valence electrons. The largest absolute Gasteiger partial charge is 0.352 e. The number of amides is 1. The summed E-state index contributed by atoms with van der Waals surface area (Å²) < 4.78 is 14.0. The number of guanidine groups is 1. The summed E-state index contributed by atoms with van der Waals surface area (Å²) in [4.78, 5) is 20.4. The minimum absolute atomic E-state index is 0.0218. The normalized spacial score (nSPS) is 17.1. The zero-order chi connectivity index (χ0) is 20.8. The molecule has 0 bridgehead atoms. The van der Waals surface area contributed by atoms with Crippen molar-refractivity contribution in [1.29, 1.82) is 0 Å². The number of carbonyl (C=O) groups excluding carboxylic acids is 1. The Morgan fingerprint density at radius 3 is 2.69 bits per heavy atom. The van der Waals surface area contributed by atoms with Crippen molar-refractivity contribution in [2.45, 2.75) is 25.6 Å². The predicted molar refractivity (Wildman–Crippen MR) is 114 cm³/mol. The van der Waals surface area contributed by atoms with E-state index in [4.69, 9.17) is 0 Å². The van der Waals surface area contributed by atoms with Crippen molar-refractivity contribution in [2.75, 3.05) is 32.6 Å². The number of carbonyl (C=O) groups is 1. The molecule has 1 unspecified atom stereocenters. The van der Waals surface area contributed by atoms with Gasteiger partial charge in [0.2, 0.25) is 5.91 Å². The molecular weight excluding hydrogens is 369 g/mol. The lowest BCUT2D eigenvalue weighted by Crippen LogP contribution is -2.44. The van der Waals surface area contributed by atoms with Gasteiger partial charge in [0, 0.05) is 44.4 Å². The monoisotopic (exact) mass is 397 g/mol. The fourth-order valence-electron chi connectivity index (χ4n) is 3.44. The van der Waals surface area contributed by atoms with Crippen LogP contribution < -0.4 is 15.5 Å². The van der Waals surface area contributed by atoms with Crippen molar-refractivity contribution in [3.63, 3.8) is 0 Å². The molecule has 0 spiro atoms. The van der Waals surface area contributed by atoms with E-state index in [0.717, 1.165) is 11.3 Å². The summed E-state index contributed by atoms with van der Waals surface area (Å²) >= 11 is 0. The van der Waals surface area contributed by atoms with E-state index in [1.807, 2.05) is 55.4 Å². The highest BCUT2D eigenvalue weighted by Crippen LogP contribution is 2.21. The molecule has 1 saturated heterocycles. The van der Waals surface area contributed by atoms with Gasteiger partial charge in [0.1, 0.15) is 5.82 Å². The first-order valence-electron chi connectivity index (χ1n) is 9.71. The third-order valence-electron chi connectivity index (χ3n) is 4.81. The topological polar surface area (TPSA) is 60.0 Å². The molecular formula is C22H28FN5O. The number of benzene rings is 2. The Kier molecular flexibility index (Phi) is 6.82. The minimum Gasteiger partial charge on any atom is -0.352 e. The molecule has 7 heteroatoms. The Balaban J connectivity index is 1.57. The van der Waals surface area contributed by atoms with Crippen LogP contribution in [0.1, 0.15) is 17.5 Å². The van der Waals surface area contributed by atoms with Gasteiger partial charge in [-0.1, -0.05) is 24.3 Å². The maximum Gasteiger partial charge on any atom is 0.229 e. The maximum atomic E-state index is 14.0. The van der Waals surface area contributed by atoms with Crippen molar-refractivity contribution in [2.24, 2.45) is 4.99 Å². The number of hydrogen-bond acceptors (Lipinski definition) is 3. The van der Waals surface area contributed by atoms with Gasteiger partial charge < -0.3 is 20.4 Å². The molecule has 1 heterocycles. The van der Waals surface area contributed by atoms with Crippen LogP contribution in [0.25, 0.3) is 0 Å². The van der Waals surface area contributed by atoms with Gasteiger partial charge in [-0.15, -0.1) is 0 Å². The lowest BCUT2D eigenvalue weighted by Gasteiger charge is -2.19. The van der Waals surface area contributed by atoms with Crippen LogP contribution in [-0.2, 0) is 17.9 Å². The smallest absolute Gasteiger partial charge is 0.229 e. The molecule has 1 atom stereocenters. The van der Waals surface area contributed by atoms with E-state index in [2.05, 4.69) is 15.6 Å². The van der Waals surface area contributed by atoms with E-state index in [0.29, 0.717) is 37.6 Å². The summed E-state index contributed by atoms with van der Waals surface area (Å²) in [5.74, 6) is 0.516. The zero-order valence-electron chi connectivity index (χ0n) is 17.2. The number of anilines is 1. The van der Waals surface area contributed by atoms with Crippen molar-refractivity contribution in [1.82, 2.24) is 15.5 Å². The second-order valence-corrected chi connectivity index (χ2v) is 7.47. The first kappa shape index (κ1) is 20.8. The van der Waals surface area contributed by atoms with Crippen LogP contribution in [0.3, 0.4) is 0 Å². The second kappa shape index (κ2) is 9.52. The van der Waals surface area contributed by atoms with Gasteiger partial charge in [-0.2, -0.15) is 0 Å². The van der Waals surface area contributed by atoms with Crippen LogP contribution in [0.15, 0.2) is 53.5 Å². The summed E-state index contributed by atoms with van der Waals surface area (Å²) in [7, 11) is 5.53. The molecule has 0 radical (unpaired) electrons. The van der Waals surface area contributed by atoms with Crippen molar-refractivity contribution in [3.05, 3.63) is 65.5 Å². The van der Waals surface area contributed by atoms with Crippen molar-refractivity contribution < 1.29 is 9.18 Å². The van der Waals surface area contributed by atoms with Crippen LogP contribution in [0.5, 0.6) is 0 Å². The molecule has 29 heavy (non-hydrogen) atoms.